The van der Waals surface area contributed by atoms with Gasteiger partial charge in [0.2, 0.25) is 0 Å². The Labute approximate surface area is 141 Å². The van der Waals surface area contributed by atoms with E-state index in [0.29, 0.717) is 5.69 Å². The molecule has 0 spiro atoms. The second-order valence-electron chi connectivity index (χ2n) is 5.11. The Kier molecular flexibility index (Phi) is 4.73. The number of rotatable bonds is 4. The van der Waals surface area contributed by atoms with E-state index in [2.05, 4.69) is 34.2 Å². The van der Waals surface area contributed by atoms with Crippen molar-refractivity contribution in [2.24, 2.45) is 16.5 Å². The fourth-order valence-electron chi connectivity index (χ4n) is 2.40. The lowest BCUT2D eigenvalue weighted by Crippen LogP contribution is -2.24. The summed E-state index contributed by atoms with van der Waals surface area (Å²) in [5.74, 6) is -0.721. The number of nitrogens with two attached hydrogens (primary N) is 2. The summed E-state index contributed by atoms with van der Waals surface area (Å²) < 4.78 is 0. The number of hydrogen-bond acceptors (Lipinski definition) is 1. The largest absolute Gasteiger partial charge is 0.370 e. The maximum atomic E-state index is 12.0. The second kappa shape index (κ2) is 7.11. The van der Waals surface area contributed by atoms with E-state index in [4.69, 9.17) is 11.5 Å². The van der Waals surface area contributed by atoms with Gasteiger partial charge in [-0.05, 0) is 22.7 Å². The molecule has 2 aromatic carbocycles. The molecule has 0 aliphatic heterocycles. The number of guanidine groups is 1. The molecule has 0 bridgehead atoms. The maximum Gasteiger partial charge on any atom is 0.296 e. The van der Waals surface area contributed by atoms with Gasteiger partial charge in [-0.2, -0.15) is 4.99 Å². The van der Waals surface area contributed by atoms with Crippen molar-refractivity contribution in [3.05, 3.63) is 78.5 Å². The highest BCUT2D eigenvalue weighted by Crippen LogP contribution is 2.32. The summed E-state index contributed by atoms with van der Waals surface area (Å²) in [7, 11) is -0.789. The summed E-state index contributed by atoms with van der Waals surface area (Å²) in [5.41, 5.74) is 11.9. The van der Waals surface area contributed by atoms with E-state index >= 15 is 0 Å². The smallest absolute Gasteiger partial charge is 0.296 e. The number of aromatic amines is 1. The number of carbonyl (C=O) groups excluding carboxylic acids is 1. The van der Waals surface area contributed by atoms with Crippen molar-refractivity contribution in [1.29, 1.82) is 0 Å². The molecule has 5 N–H and O–H groups in total. The number of aromatic nitrogens is 1. The third-order valence-electron chi connectivity index (χ3n) is 3.40. The third-order valence-corrected chi connectivity index (χ3v) is 5.77. The summed E-state index contributed by atoms with van der Waals surface area (Å²) in [4.78, 5) is 18.7. The van der Waals surface area contributed by atoms with Gasteiger partial charge in [0.15, 0.2) is 5.96 Å². The summed E-state index contributed by atoms with van der Waals surface area (Å²) in [5, 5.41) is 2.39. The number of hydrogen-bond donors (Lipinski definition) is 3. The highest BCUT2D eigenvalue weighted by Gasteiger charge is 2.19. The minimum absolute atomic E-state index is 0.246. The van der Waals surface area contributed by atoms with Gasteiger partial charge in [0.1, 0.15) is 5.69 Å². The highest BCUT2D eigenvalue weighted by molar-refractivity contribution is 7.79. The Morgan fingerprint density at radius 3 is 1.88 bits per heavy atom. The predicted octanol–water partition coefficient (Wildman–Crippen LogP) is 1.19. The fraction of sp³-hybridized carbons (Fsp3) is 0. The monoisotopic (exact) mass is 336 g/mol. The van der Waals surface area contributed by atoms with E-state index in [1.54, 1.807) is 6.07 Å². The number of aliphatic imine (C=N–C) groups is 1. The summed E-state index contributed by atoms with van der Waals surface area (Å²) in [6.07, 6.45) is 0. The zero-order valence-electron chi connectivity index (χ0n) is 12.9. The Bertz CT molecular complexity index is 815. The molecule has 5 nitrogen and oxygen atoms in total. The summed E-state index contributed by atoms with van der Waals surface area (Å²) in [6, 6.07) is 24.1. The number of nitrogens with one attached hydrogen (secondary N) is 1. The molecule has 0 radical (unpaired) electrons. The first kappa shape index (κ1) is 16.0. The first-order valence-electron chi connectivity index (χ1n) is 7.38. The van der Waals surface area contributed by atoms with Crippen LogP contribution in [0.2, 0.25) is 0 Å². The number of H-pyrrole nitrogens is 1. The van der Waals surface area contributed by atoms with Gasteiger partial charge in [0.25, 0.3) is 5.91 Å². The van der Waals surface area contributed by atoms with E-state index in [-0.39, 0.29) is 5.96 Å². The molecular weight excluding hydrogens is 319 g/mol. The molecule has 0 saturated heterocycles. The Morgan fingerprint density at radius 1 is 0.833 bits per heavy atom. The summed E-state index contributed by atoms with van der Waals surface area (Å²) in [6.45, 7) is 0. The van der Waals surface area contributed by atoms with Crippen LogP contribution in [0.5, 0.6) is 0 Å². The Hall–Kier alpha value is -2.91. The molecule has 3 aromatic rings. The number of carbonyl (C=O) groups is 1. The lowest BCUT2D eigenvalue weighted by atomic mass is 10.4. The molecule has 1 amide bonds. The standard InChI is InChI=1S/C18H17N4OP/c19-18(20)22-17(23)15-11-12-16(21-15)24(13-7-3-1-4-8-13)14-9-5-2-6-10-14/h1-12,21H,(H4,19,20,22,23). The number of benzene rings is 2. The van der Waals surface area contributed by atoms with Gasteiger partial charge in [-0.25, -0.2) is 0 Å². The van der Waals surface area contributed by atoms with Crippen LogP contribution in [0.15, 0.2) is 77.8 Å². The average molecular weight is 336 g/mol. The van der Waals surface area contributed by atoms with Crippen molar-refractivity contribution < 1.29 is 4.79 Å². The van der Waals surface area contributed by atoms with E-state index in [0.717, 1.165) is 5.44 Å². The van der Waals surface area contributed by atoms with E-state index < -0.39 is 13.8 Å². The summed E-state index contributed by atoms with van der Waals surface area (Å²) >= 11 is 0. The van der Waals surface area contributed by atoms with Crippen LogP contribution in [0, 0.1) is 0 Å². The highest BCUT2D eigenvalue weighted by atomic mass is 31.1. The van der Waals surface area contributed by atoms with Crippen molar-refractivity contribution in [2.75, 3.05) is 0 Å². The van der Waals surface area contributed by atoms with Crippen molar-refractivity contribution in [3.8, 4) is 0 Å². The van der Waals surface area contributed by atoms with Crippen molar-refractivity contribution in [2.45, 2.75) is 0 Å². The topological polar surface area (TPSA) is 97.3 Å². The van der Waals surface area contributed by atoms with Crippen LogP contribution in [0.25, 0.3) is 0 Å². The minimum Gasteiger partial charge on any atom is -0.370 e. The van der Waals surface area contributed by atoms with Gasteiger partial charge in [-0.3, -0.25) is 4.79 Å². The zero-order chi connectivity index (χ0) is 16.9. The third kappa shape index (κ3) is 3.53. The van der Waals surface area contributed by atoms with Gasteiger partial charge in [0, 0.05) is 13.4 Å². The van der Waals surface area contributed by atoms with Crippen LogP contribution in [0.4, 0.5) is 0 Å². The molecular formula is C18H17N4OP. The van der Waals surface area contributed by atoms with Crippen LogP contribution in [0.3, 0.4) is 0 Å². The Morgan fingerprint density at radius 2 is 1.38 bits per heavy atom. The zero-order valence-corrected chi connectivity index (χ0v) is 13.8. The van der Waals surface area contributed by atoms with Gasteiger partial charge in [-0.1, -0.05) is 60.7 Å². The lowest BCUT2D eigenvalue weighted by Gasteiger charge is -2.17. The predicted molar refractivity (Wildman–Crippen MR) is 99.6 cm³/mol. The van der Waals surface area contributed by atoms with E-state index in [1.807, 2.05) is 42.5 Å². The molecule has 1 aromatic heterocycles. The van der Waals surface area contributed by atoms with Gasteiger partial charge in [-0.15, -0.1) is 0 Å². The normalized spacial score (nSPS) is 10.5. The van der Waals surface area contributed by atoms with Gasteiger partial charge < -0.3 is 16.5 Å². The number of amides is 1. The molecule has 0 atom stereocenters. The maximum absolute atomic E-state index is 12.0. The van der Waals surface area contributed by atoms with Crippen molar-refractivity contribution in [1.82, 2.24) is 4.98 Å². The van der Waals surface area contributed by atoms with Crippen molar-refractivity contribution >= 4 is 35.8 Å². The molecule has 120 valence electrons. The van der Waals surface area contributed by atoms with Crippen LogP contribution >= 0.6 is 7.92 Å². The number of nitrogens with zero attached hydrogens (tertiary/aromatic N) is 1. The second-order valence-corrected chi connectivity index (χ2v) is 7.29. The van der Waals surface area contributed by atoms with Crippen LogP contribution in [0.1, 0.15) is 10.5 Å². The van der Waals surface area contributed by atoms with E-state index in [9.17, 15) is 4.79 Å². The van der Waals surface area contributed by atoms with Crippen molar-refractivity contribution in [3.63, 3.8) is 0 Å². The van der Waals surface area contributed by atoms with Crippen LogP contribution in [-0.2, 0) is 0 Å². The minimum atomic E-state index is -0.789. The molecule has 0 fully saturated rings. The first-order valence-corrected chi connectivity index (χ1v) is 8.72. The lowest BCUT2D eigenvalue weighted by molar-refractivity contribution is 0.0998. The quantitative estimate of drug-likeness (QED) is 0.379. The molecule has 0 aliphatic carbocycles. The molecule has 3 rings (SSSR count). The van der Waals surface area contributed by atoms with Gasteiger partial charge >= 0.3 is 0 Å². The SMILES string of the molecule is NC(N)=NC(=O)c1ccc(P(c2ccccc2)c2ccccc2)[nH]1. The van der Waals surface area contributed by atoms with Crippen LogP contribution < -0.4 is 27.5 Å². The fourth-order valence-corrected chi connectivity index (χ4v) is 4.65. The van der Waals surface area contributed by atoms with Gasteiger partial charge in [0.05, 0.1) is 0 Å². The Balaban J connectivity index is 2.03. The first-order chi connectivity index (χ1) is 11.6. The molecule has 0 aliphatic rings. The molecule has 0 unspecified atom stereocenters. The molecule has 0 saturated carbocycles. The molecule has 6 heteroatoms. The van der Waals surface area contributed by atoms with E-state index in [1.165, 1.54) is 10.6 Å². The van der Waals surface area contributed by atoms with Crippen LogP contribution in [-0.4, -0.2) is 16.9 Å². The molecule has 1 heterocycles. The molecule has 24 heavy (non-hydrogen) atoms. The average Bonchev–Trinajstić information content (AvgIpc) is 3.06.